The zero-order chi connectivity index (χ0) is 10.6. The third-order valence-corrected chi connectivity index (χ3v) is 2.74. The first-order valence-corrected chi connectivity index (χ1v) is 4.98. The SMILES string of the molecule is CN=C(N)NCC1CN(C)CCN1C. The van der Waals surface area contributed by atoms with Crippen molar-refractivity contribution in [3.8, 4) is 0 Å². The highest BCUT2D eigenvalue weighted by Crippen LogP contribution is 2.04. The van der Waals surface area contributed by atoms with E-state index in [4.69, 9.17) is 5.73 Å². The first-order chi connectivity index (χ1) is 6.63. The summed E-state index contributed by atoms with van der Waals surface area (Å²) >= 11 is 0. The van der Waals surface area contributed by atoms with Crippen molar-refractivity contribution in [2.45, 2.75) is 6.04 Å². The Labute approximate surface area is 86.0 Å². The highest BCUT2D eigenvalue weighted by Gasteiger charge is 2.21. The second-order valence-electron chi connectivity index (χ2n) is 3.89. The first kappa shape index (κ1) is 11.3. The van der Waals surface area contributed by atoms with E-state index in [1.807, 2.05) is 0 Å². The van der Waals surface area contributed by atoms with Crippen LogP contribution in [0.5, 0.6) is 0 Å². The maximum Gasteiger partial charge on any atom is 0.188 e. The van der Waals surface area contributed by atoms with Gasteiger partial charge >= 0.3 is 0 Å². The molecule has 82 valence electrons. The Morgan fingerprint density at radius 2 is 2.21 bits per heavy atom. The summed E-state index contributed by atoms with van der Waals surface area (Å²) in [5.41, 5.74) is 5.58. The van der Waals surface area contributed by atoms with E-state index in [1.54, 1.807) is 7.05 Å². The fourth-order valence-electron chi connectivity index (χ4n) is 1.62. The summed E-state index contributed by atoms with van der Waals surface area (Å²) in [5, 5.41) is 3.11. The third-order valence-electron chi connectivity index (χ3n) is 2.74. The summed E-state index contributed by atoms with van der Waals surface area (Å²) in [6.45, 7) is 4.21. The minimum Gasteiger partial charge on any atom is -0.370 e. The van der Waals surface area contributed by atoms with Gasteiger partial charge in [-0.3, -0.25) is 9.89 Å². The Kier molecular flexibility index (Phi) is 4.16. The lowest BCUT2D eigenvalue weighted by Gasteiger charge is -2.37. The van der Waals surface area contributed by atoms with Crippen molar-refractivity contribution in [3.05, 3.63) is 0 Å². The van der Waals surface area contributed by atoms with E-state index in [2.05, 4.69) is 34.2 Å². The molecule has 0 saturated carbocycles. The van der Waals surface area contributed by atoms with Gasteiger partial charge in [0, 0.05) is 39.3 Å². The Balaban J connectivity index is 2.34. The summed E-state index contributed by atoms with van der Waals surface area (Å²) in [4.78, 5) is 8.56. The molecule has 0 aromatic rings. The van der Waals surface area contributed by atoms with E-state index in [9.17, 15) is 0 Å². The van der Waals surface area contributed by atoms with Gasteiger partial charge in [0.1, 0.15) is 0 Å². The molecule has 0 aliphatic carbocycles. The molecule has 1 aliphatic rings. The molecule has 0 amide bonds. The molecular weight excluding hydrogens is 178 g/mol. The summed E-state index contributed by atoms with van der Waals surface area (Å²) in [5.74, 6) is 0.520. The van der Waals surface area contributed by atoms with Crippen LogP contribution < -0.4 is 11.1 Å². The van der Waals surface area contributed by atoms with Crippen LogP contribution in [0.25, 0.3) is 0 Å². The van der Waals surface area contributed by atoms with Crippen LogP contribution in [0.1, 0.15) is 0 Å². The van der Waals surface area contributed by atoms with Gasteiger partial charge in [0.2, 0.25) is 0 Å². The molecule has 1 fully saturated rings. The summed E-state index contributed by atoms with van der Waals surface area (Å²) in [7, 11) is 5.99. The number of hydrogen-bond donors (Lipinski definition) is 2. The summed E-state index contributed by atoms with van der Waals surface area (Å²) in [6.07, 6.45) is 0. The Morgan fingerprint density at radius 1 is 1.50 bits per heavy atom. The van der Waals surface area contributed by atoms with Gasteiger partial charge in [-0.1, -0.05) is 0 Å². The lowest BCUT2D eigenvalue weighted by Crippen LogP contribution is -2.55. The van der Waals surface area contributed by atoms with Crippen LogP contribution in [0.3, 0.4) is 0 Å². The van der Waals surface area contributed by atoms with E-state index in [1.165, 1.54) is 0 Å². The minimum absolute atomic E-state index is 0.520. The molecular formula is C9H21N5. The molecule has 1 atom stereocenters. The Hall–Kier alpha value is -0.810. The van der Waals surface area contributed by atoms with Crippen LogP contribution in [-0.2, 0) is 0 Å². The number of nitrogens with two attached hydrogens (primary N) is 1. The fourth-order valence-corrected chi connectivity index (χ4v) is 1.62. The molecule has 0 bridgehead atoms. The summed E-state index contributed by atoms with van der Waals surface area (Å²) in [6, 6.07) is 0.522. The smallest absolute Gasteiger partial charge is 0.188 e. The standard InChI is InChI=1S/C9H21N5/c1-11-9(10)12-6-8-7-13(2)4-5-14(8)3/h8H,4-7H2,1-3H3,(H3,10,11,12). The molecule has 3 N–H and O–H groups in total. The van der Waals surface area contributed by atoms with E-state index >= 15 is 0 Å². The average molecular weight is 199 g/mol. The third kappa shape index (κ3) is 3.16. The number of nitrogens with one attached hydrogen (secondary N) is 1. The Bertz CT molecular complexity index is 203. The number of aliphatic imine (C=N–C) groups is 1. The van der Waals surface area contributed by atoms with Gasteiger partial charge in [-0.05, 0) is 14.1 Å². The van der Waals surface area contributed by atoms with Crippen molar-refractivity contribution in [1.29, 1.82) is 0 Å². The molecule has 0 spiro atoms. The quantitative estimate of drug-likeness (QED) is 0.432. The van der Waals surface area contributed by atoms with E-state index in [-0.39, 0.29) is 0 Å². The number of rotatable bonds is 2. The topological polar surface area (TPSA) is 56.9 Å². The fraction of sp³-hybridized carbons (Fsp3) is 0.889. The molecule has 0 aromatic carbocycles. The number of hydrogen-bond acceptors (Lipinski definition) is 3. The van der Waals surface area contributed by atoms with Gasteiger partial charge in [-0.15, -0.1) is 0 Å². The first-order valence-electron chi connectivity index (χ1n) is 4.98. The lowest BCUT2D eigenvalue weighted by molar-refractivity contribution is 0.116. The molecule has 1 aliphatic heterocycles. The molecule has 5 nitrogen and oxygen atoms in total. The van der Waals surface area contributed by atoms with E-state index in [0.29, 0.717) is 12.0 Å². The van der Waals surface area contributed by atoms with Crippen LogP contribution in [0.4, 0.5) is 0 Å². The highest BCUT2D eigenvalue weighted by atomic mass is 15.3. The molecule has 14 heavy (non-hydrogen) atoms. The number of nitrogens with zero attached hydrogens (tertiary/aromatic N) is 3. The predicted octanol–water partition coefficient (Wildman–Crippen LogP) is -1.23. The molecule has 1 saturated heterocycles. The van der Waals surface area contributed by atoms with Crippen molar-refractivity contribution < 1.29 is 0 Å². The van der Waals surface area contributed by atoms with Crippen LogP contribution in [0.15, 0.2) is 4.99 Å². The normalized spacial score (nSPS) is 26.5. The van der Waals surface area contributed by atoms with Gasteiger partial charge in [0.15, 0.2) is 5.96 Å². The van der Waals surface area contributed by atoms with Crippen molar-refractivity contribution in [2.24, 2.45) is 10.7 Å². The van der Waals surface area contributed by atoms with Gasteiger partial charge < -0.3 is 16.0 Å². The lowest BCUT2D eigenvalue weighted by atomic mass is 10.2. The molecule has 1 rings (SSSR count). The second kappa shape index (κ2) is 5.17. The van der Waals surface area contributed by atoms with Crippen molar-refractivity contribution in [3.63, 3.8) is 0 Å². The van der Waals surface area contributed by atoms with Crippen molar-refractivity contribution >= 4 is 5.96 Å². The maximum absolute atomic E-state index is 5.58. The monoisotopic (exact) mass is 199 g/mol. The molecule has 1 heterocycles. The van der Waals surface area contributed by atoms with Crippen LogP contribution in [0.2, 0.25) is 0 Å². The van der Waals surface area contributed by atoms with Crippen molar-refractivity contribution in [1.82, 2.24) is 15.1 Å². The zero-order valence-electron chi connectivity index (χ0n) is 9.32. The van der Waals surface area contributed by atoms with Gasteiger partial charge in [0.25, 0.3) is 0 Å². The minimum atomic E-state index is 0.520. The number of likely N-dealkylation sites (N-methyl/N-ethyl adjacent to an activating group) is 2. The van der Waals surface area contributed by atoms with E-state index < -0.39 is 0 Å². The highest BCUT2D eigenvalue weighted by molar-refractivity contribution is 5.77. The van der Waals surface area contributed by atoms with Crippen LogP contribution >= 0.6 is 0 Å². The average Bonchev–Trinajstić information content (AvgIpc) is 2.19. The van der Waals surface area contributed by atoms with E-state index in [0.717, 1.165) is 26.2 Å². The van der Waals surface area contributed by atoms with Gasteiger partial charge in [-0.25, -0.2) is 0 Å². The Morgan fingerprint density at radius 3 is 2.86 bits per heavy atom. The van der Waals surface area contributed by atoms with Crippen molar-refractivity contribution in [2.75, 3.05) is 47.3 Å². The van der Waals surface area contributed by atoms with Crippen LogP contribution in [0, 0.1) is 0 Å². The second-order valence-corrected chi connectivity index (χ2v) is 3.89. The number of piperazine rings is 1. The number of guanidine groups is 1. The molecule has 0 radical (unpaired) electrons. The van der Waals surface area contributed by atoms with Crippen LogP contribution in [-0.4, -0.2) is 69.1 Å². The zero-order valence-corrected chi connectivity index (χ0v) is 9.32. The van der Waals surface area contributed by atoms with Gasteiger partial charge in [-0.2, -0.15) is 0 Å². The largest absolute Gasteiger partial charge is 0.370 e. The maximum atomic E-state index is 5.58. The predicted molar refractivity (Wildman–Crippen MR) is 59.5 cm³/mol. The molecule has 0 aromatic heterocycles. The summed E-state index contributed by atoms with van der Waals surface area (Å²) < 4.78 is 0. The van der Waals surface area contributed by atoms with Gasteiger partial charge in [0.05, 0.1) is 0 Å². The molecule has 1 unspecified atom stereocenters. The molecule has 5 heteroatoms.